The molecule has 0 aliphatic rings. The maximum Gasteiger partial charge on any atom is 0.237 e. The highest BCUT2D eigenvalue weighted by Crippen LogP contribution is 2.22. The fourth-order valence-electron chi connectivity index (χ4n) is 1.05. The van der Waals surface area contributed by atoms with Crippen molar-refractivity contribution in [2.75, 3.05) is 10.5 Å². The van der Waals surface area contributed by atoms with E-state index in [2.05, 4.69) is 4.72 Å². The lowest BCUT2D eigenvalue weighted by Crippen LogP contribution is -2.33. The molecule has 90 valence electrons. The van der Waals surface area contributed by atoms with E-state index < -0.39 is 14.8 Å². The summed E-state index contributed by atoms with van der Waals surface area (Å²) in [5, 5.41) is 0. The first-order valence-corrected chi connectivity index (χ1v) is 6.50. The van der Waals surface area contributed by atoms with Gasteiger partial charge in [0.25, 0.3) is 0 Å². The van der Waals surface area contributed by atoms with Gasteiger partial charge in [-0.15, -0.1) is 0 Å². The summed E-state index contributed by atoms with van der Waals surface area (Å²) in [6.45, 7) is 6.79. The van der Waals surface area contributed by atoms with Gasteiger partial charge in [-0.05, 0) is 51.5 Å². The molecule has 0 heterocycles. The summed E-state index contributed by atoms with van der Waals surface area (Å²) in [5.41, 5.74) is 7.71. The Morgan fingerprint density at radius 3 is 2.25 bits per heavy atom. The molecule has 1 aromatic rings. The number of sulfonamides is 1. The van der Waals surface area contributed by atoms with Crippen LogP contribution in [0.3, 0.4) is 0 Å². The molecule has 0 radical (unpaired) electrons. The molecule has 0 spiro atoms. The minimum Gasteiger partial charge on any atom is -0.399 e. The van der Waals surface area contributed by atoms with Gasteiger partial charge in [0.15, 0.2) is 0 Å². The van der Waals surface area contributed by atoms with Crippen LogP contribution in [0.5, 0.6) is 0 Å². The monoisotopic (exact) mass is 242 g/mol. The average Bonchev–Trinajstić information content (AvgIpc) is 2.09. The molecule has 0 atom stereocenters. The number of aryl methyl sites for hydroxylation is 1. The Bertz CT molecular complexity index is 487. The Kier molecular flexibility index (Phi) is 3.19. The lowest BCUT2D eigenvalue weighted by atomic mass is 10.2. The molecule has 0 aromatic heterocycles. The van der Waals surface area contributed by atoms with E-state index in [1.165, 1.54) is 0 Å². The second kappa shape index (κ2) is 3.97. The number of nitrogens with one attached hydrogen (secondary N) is 1. The number of benzene rings is 1. The average molecular weight is 242 g/mol. The summed E-state index contributed by atoms with van der Waals surface area (Å²) in [6, 6.07) is 5.07. The first kappa shape index (κ1) is 12.8. The SMILES string of the molecule is Cc1cc(NS(=O)(=O)C(C)(C)C)ccc1N. The van der Waals surface area contributed by atoms with Gasteiger partial charge in [-0.3, -0.25) is 4.72 Å². The second-order valence-corrected chi connectivity index (χ2v) is 7.22. The van der Waals surface area contributed by atoms with E-state index in [0.29, 0.717) is 11.4 Å². The molecule has 0 bridgehead atoms. The predicted octanol–water partition coefficient (Wildman–Crippen LogP) is 2.12. The Hall–Kier alpha value is -1.23. The molecule has 0 saturated heterocycles. The molecule has 0 unspecified atom stereocenters. The second-order valence-electron chi connectivity index (χ2n) is 4.79. The van der Waals surface area contributed by atoms with Gasteiger partial charge in [0, 0.05) is 11.4 Å². The van der Waals surface area contributed by atoms with E-state index in [9.17, 15) is 8.42 Å². The van der Waals surface area contributed by atoms with Gasteiger partial charge in [-0.2, -0.15) is 0 Å². The van der Waals surface area contributed by atoms with E-state index in [1.54, 1.807) is 39.0 Å². The van der Waals surface area contributed by atoms with Crippen LogP contribution in [-0.2, 0) is 10.0 Å². The van der Waals surface area contributed by atoms with Crippen molar-refractivity contribution in [3.05, 3.63) is 23.8 Å². The quantitative estimate of drug-likeness (QED) is 0.780. The number of nitrogen functional groups attached to an aromatic ring is 1. The molecular formula is C11H18N2O2S. The van der Waals surface area contributed by atoms with Gasteiger partial charge in [0.1, 0.15) is 0 Å². The molecule has 3 N–H and O–H groups in total. The van der Waals surface area contributed by atoms with Crippen LogP contribution in [0.15, 0.2) is 18.2 Å². The lowest BCUT2D eigenvalue weighted by Gasteiger charge is -2.20. The minimum absolute atomic E-state index is 0.543. The number of rotatable bonds is 2. The fourth-order valence-corrected chi connectivity index (χ4v) is 1.79. The van der Waals surface area contributed by atoms with Crippen molar-refractivity contribution in [1.82, 2.24) is 0 Å². The van der Waals surface area contributed by atoms with Crippen molar-refractivity contribution in [2.45, 2.75) is 32.4 Å². The van der Waals surface area contributed by atoms with E-state index in [1.807, 2.05) is 6.92 Å². The molecule has 0 fully saturated rings. The number of hydrogen-bond acceptors (Lipinski definition) is 3. The molecule has 1 rings (SSSR count). The topological polar surface area (TPSA) is 72.2 Å². The summed E-state index contributed by atoms with van der Waals surface area (Å²) in [4.78, 5) is 0. The van der Waals surface area contributed by atoms with Crippen molar-refractivity contribution >= 4 is 21.4 Å². The van der Waals surface area contributed by atoms with Crippen LogP contribution in [0.1, 0.15) is 26.3 Å². The molecule has 4 nitrogen and oxygen atoms in total. The van der Waals surface area contributed by atoms with Crippen molar-refractivity contribution < 1.29 is 8.42 Å². The molecular weight excluding hydrogens is 224 g/mol. The third-order valence-corrected chi connectivity index (χ3v) is 4.45. The van der Waals surface area contributed by atoms with E-state index >= 15 is 0 Å². The van der Waals surface area contributed by atoms with Crippen LogP contribution in [-0.4, -0.2) is 13.2 Å². The van der Waals surface area contributed by atoms with Crippen LogP contribution in [0, 0.1) is 6.92 Å². The zero-order valence-corrected chi connectivity index (χ0v) is 10.9. The summed E-state index contributed by atoms with van der Waals surface area (Å²) in [6.07, 6.45) is 0. The van der Waals surface area contributed by atoms with Crippen LogP contribution < -0.4 is 10.5 Å². The lowest BCUT2D eigenvalue weighted by molar-refractivity contribution is 0.566. The summed E-state index contributed by atoms with van der Waals surface area (Å²) < 4.78 is 25.5. The molecule has 0 amide bonds. The highest BCUT2D eigenvalue weighted by atomic mass is 32.2. The zero-order chi connectivity index (χ0) is 12.6. The van der Waals surface area contributed by atoms with Gasteiger partial charge in [-0.25, -0.2) is 8.42 Å². The van der Waals surface area contributed by atoms with Crippen LogP contribution in [0.2, 0.25) is 0 Å². The first-order valence-electron chi connectivity index (χ1n) is 5.02. The zero-order valence-electron chi connectivity index (χ0n) is 10.0. The Labute approximate surface area is 96.9 Å². The summed E-state index contributed by atoms with van der Waals surface area (Å²) in [5.74, 6) is 0. The summed E-state index contributed by atoms with van der Waals surface area (Å²) in [7, 11) is -3.37. The third kappa shape index (κ3) is 2.66. The van der Waals surface area contributed by atoms with E-state index in [4.69, 9.17) is 5.73 Å². The van der Waals surface area contributed by atoms with Crippen molar-refractivity contribution in [2.24, 2.45) is 0 Å². The fraction of sp³-hybridized carbons (Fsp3) is 0.455. The van der Waals surface area contributed by atoms with E-state index in [-0.39, 0.29) is 0 Å². The van der Waals surface area contributed by atoms with Crippen molar-refractivity contribution in [1.29, 1.82) is 0 Å². The van der Waals surface area contributed by atoms with E-state index in [0.717, 1.165) is 5.56 Å². The Balaban J connectivity index is 3.03. The predicted molar refractivity (Wildman–Crippen MR) is 67.9 cm³/mol. The van der Waals surface area contributed by atoms with Gasteiger partial charge in [-0.1, -0.05) is 0 Å². The molecule has 0 aliphatic heterocycles. The summed E-state index contributed by atoms with van der Waals surface area (Å²) >= 11 is 0. The van der Waals surface area contributed by atoms with Gasteiger partial charge < -0.3 is 5.73 Å². The molecule has 1 aromatic carbocycles. The van der Waals surface area contributed by atoms with Gasteiger partial charge in [0.2, 0.25) is 10.0 Å². The maximum absolute atomic E-state index is 11.9. The highest BCUT2D eigenvalue weighted by Gasteiger charge is 2.28. The van der Waals surface area contributed by atoms with Crippen LogP contribution >= 0.6 is 0 Å². The standard InChI is InChI=1S/C11H18N2O2S/c1-8-7-9(5-6-10(8)12)13-16(14,15)11(2,3)4/h5-7,13H,12H2,1-4H3. The van der Waals surface area contributed by atoms with Gasteiger partial charge in [0.05, 0.1) is 4.75 Å². The third-order valence-electron chi connectivity index (χ3n) is 2.33. The Morgan fingerprint density at radius 1 is 1.25 bits per heavy atom. The first-order chi connectivity index (χ1) is 7.13. The molecule has 5 heteroatoms. The smallest absolute Gasteiger partial charge is 0.237 e. The Morgan fingerprint density at radius 2 is 1.81 bits per heavy atom. The molecule has 0 aliphatic carbocycles. The molecule has 16 heavy (non-hydrogen) atoms. The van der Waals surface area contributed by atoms with Gasteiger partial charge >= 0.3 is 0 Å². The minimum atomic E-state index is -3.37. The normalized spacial score (nSPS) is 12.5. The van der Waals surface area contributed by atoms with Crippen LogP contribution in [0.4, 0.5) is 11.4 Å². The number of hydrogen-bond donors (Lipinski definition) is 2. The highest BCUT2D eigenvalue weighted by molar-refractivity contribution is 7.94. The van der Waals surface area contributed by atoms with Crippen molar-refractivity contribution in [3.8, 4) is 0 Å². The number of nitrogens with two attached hydrogens (primary N) is 1. The molecule has 0 saturated carbocycles. The van der Waals surface area contributed by atoms with Crippen LogP contribution in [0.25, 0.3) is 0 Å². The maximum atomic E-state index is 11.9. The number of anilines is 2. The largest absolute Gasteiger partial charge is 0.399 e. The van der Waals surface area contributed by atoms with Crippen molar-refractivity contribution in [3.63, 3.8) is 0 Å².